The summed E-state index contributed by atoms with van der Waals surface area (Å²) in [5.41, 5.74) is 0. The Morgan fingerprint density at radius 1 is 1.78 bits per heavy atom. The molecule has 0 aromatic rings. The molecule has 0 amide bonds. The second-order valence-corrected chi connectivity index (χ2v) is 3.38. The molecule has 0 aromatic carbocycles. The predicted molar refractivity (Wildman–Crippen MR) is 38.3 cm³/mol. The van der Waals surface area contributed by atoms with E-state index < -0.39 is 11.0 Å². The van der Waals surface area contributed by atoms with Crippen molar-refractivity contribution in [2.45, 2.75) is 18.6 Å². The normalized spacial score (nSPS) is 17.2. The van der Waals surface area contributed by atoms with Crippen LogP contribution < -0.4 is 5.14 Å². The van der Waals surface area contributed by atoms with Gasteiger partial charge in [-0.3, -0.25) is 5.14 Å². The minimum atomic E-state index is -1.19. The minimum Gasteiger partial charge on any atom is -0.385 e. The first-order valence-corrected chi connectivity index (χ1v) is 4.10. The average molecular weight is 151 g/mol. The third-order valence-electron chi connectivity index (χ3n) is 1.13. The van der Waals surface area contributed by atoms with Gasteiger partial charge in [0.15, 0.2) is 0 Å². The molecule has 2 N–H and O–H groups in total. The number of nitrogens with two attached hydrogens (primary N) is 1. The molecule has 0 fully saturated rings. The first-order chi connectivity index (χ1) is 4.18. The van der Waals surface area contributed by atoms with Gasteiger partial charge in [0.05, 0.1) is 11.0 Å². The zero-order chi connectivity index (χ0) is 7.28. The van der Waals surface area contributed by atoms with Crippen LogP contribution in [0.25, 0.3) is 0 Å². The quantitative estimate of drug-likeness (QED) is 0.616. The summed E-state index contributed by atoms with van der Waals surface area (Å²) in [6.07, 6.45) is 0.764. The molecule has 0 bridgehead atoms. The van der Waals surface area contributed by atoms with Crippen molar-refractivity contribution in [3.8, 4) is 0 Å². The van der Waals surface area contributed by atoms with Crippen LogP contribution in [0.4, 0.5) is 0 Å². The first kappa shape index (κ1) is 9.07. The fraction of sp³-hybridized carbons (Fsp3) is 1.00. The van der Waals surface area contributed by atoms with Gasteiger partial charge >= 0.3 is 0 Å². The molecule has 2 atom stereocenters. The van der Waals surface area contributed by atoms with E-state index in [2.05, 4.69) is 0 Å². The van der Waals surface area contributed by atoms with Gasteiger partial charge in [-0.15, -0.1) is 0 Å². The summed E-state index contributed by atoms with van der Waals surface area (Å²) in [5, 5.41) is 5.14. The molecule has 0 saturated heterocycles. The topological polar surface area (TPSA) is 52.3 Å². The van der Waals surface area contributed by atoms with E-state index in [-0.39, 0.29) is 5.25 Å². The van der Waals surface area contributed by atoms with Gasteiger partial charge in [0.2, 0.25) is 0 Å². The van der Waals surface area contributed by atoms with Gasteiger partial charge in [0, 0.05) is 19.0 Å². The van der Waals surface area contributed by atoms with Gasteiger partial charge in [-0.05, 0) is 13.3 Å². The van der Waals surface area contributed by atoms with Crippen molar-refractivity contribution in [3.05, 3.63) is 0 Å². The molecule has 0 heterocycles. The van der Waals surface area contributed by atoms with E-state index in [9.17, 15) is 4.21 Å². The van der Waals surface area contributed by atoms with E-state index in [4.69, 9.17) is 9.88 Å². The van der Waals surface area contributed by atoms with Crippen molar-refractivity contribution in [2.24, 2.45) is 5.14 Å². The molecule has 0 saturated carbocycles. The van der Waals surface area contributed by atoms with Gasteiger partial charge in [0.25, 0.3) is 0 Å². The second kappa shape index (κ2) is 4.90. The van der Waals surface area contributed by atoms with Crippen molar-refractivity contribution >= 4 is 11.0 Å². The van der Waals surface area contributed by atoms with Crippen molar-refractivity contribution in [1.29, 1.82) is 0 Å². The van der Waals surface area contributed by atoms with E-state index in [0.717, 1.165) is 6.42 Å². The molecule has 9 heavy (non-hydrogen) atoms. The summed E-state index contributed by atoms with van der Waals surface area (Å²) in [4.78, 5) is 0. The van der Waals surface area contributed by atoms with Crippen LogP contribution in [0.5, 0.6) is 0 Å². The molecule has 0 aliphatic heterocycles. The van der Waals surface area contributed by atoms with E-state index in [1.54, 1.807) is 7.11 Å². The van der Waals surface area contributed by atoms with Crippen LogP contribution in [0.3, 0.4) is 0 Å². The largest absolute Gasteiger partial charge is 0.385 e. The first-order valence-electron chi connectivity index (χ1n) is 2.82. The Morgan fingerprint density at radius 2 is 2.33 bits per heavy atom. The Bertz CT molecular complexity index is 97.0. The highest BCUT2D eigenvalue weighted by Crippen LogP contribution is 1.95. The standard InChI is InChI=1S/C5H13NO2S/c1-5(9(6)7)3-4-8-2/h5H,3-4,6H2,1-2H3. The van der Waals surface area contributed by atoms with Crippen LogP contribution in [0.15, 0.2) is 0 Å². The summed E-state index contributed by atoms with van der Waals surface area (Å²) in [5.74, 6) is 0. The molecule has 3 nitrogen and oxygen atoms in total. The van der Waals surface area contributed by atoms with Gasteiger partial charge < -0.3 is 4.74 Å². The number of rotatable bonds is 4. The minimum absolute atomic E-state index is 0.0462. The smallest absolute Gasteiger partial charge is 0.0917 e. The Balaban J connectivity index is 3.27. The maximum atomic E-state index is 10.5. The second-order valence-electron chi connectivity index (χ2n) is 1.92. The molecule has 4 heteroatoms. The lowest BCUT2D eigenvalue weighted by atomic mass is 10.3. The highest BCUT2D eigenvalue weighted by atomic mass is 32.2. The Hall–Kier alpha value is 0.0700. The van der Waals surface area contributed by atoms with Gasteiger partial charge in [-0.25, -0.2) is 4.21 Å². The lowest BCUT2D eigenvalue weighted by Crippen LogP contribution is -2.19. The van der Waals surface area contributed by atoms with E-state index in [1.165, 1.54) is 0 Å². The van der Waals surface area contributed by atoms with Crippen LogP contribution in [0.2, 0.25) is 0 Å². The number of hydrogen-bond acceptors (Lipinski definition) is 2. The monoisotopic (exact) mass is 151 g/mol. The fourth-order valence-electron chi connectivity index (χ4n) is 0.400. The van der Waals surface area contributed by atoms with Crippen molar-refractivity contribution in [3.63, 3.8) is 0 Å². The third kappa shape index (κ3) is 4.57. The van der Waals surface area contributed by atoms with Crippen molar-refractivity contribution in [2.75, 3.05) is 13.7 Å². The highest BCUT2D eigenvalue weighted by Gasteiger charge is 2.04. The Labute approximate surface area is 58.2 Å². The zero-order valence-electron chi connectivity index (χ0n) is 5.79. The van der Waals surface area contributed by atoms with E-state index in [0.29, 0.717) is 6.61 Å². The highest BCUT2D eigenvalue weighted by molar-refractivity contribution is 7.83. The van der Waals surface area contributed by atoms with Gasteiger partial charge in [0.1, 0.15) is 0 Å². The molecule has 0 rings (SSSR count). The Morgan fingerprint density at radius 3 is 2.67 bits per heavy atom. The van der Waals surface area contributed by atoms with Crippen LogP contribution >= 0.6 is 0 Å². The lowest BCUT2D eigenvalue weighted by Gasteiger charge is -2.04. The predicted octanol–water partition coefficient (Wildman–Crippen LogP) is 0.0338. The molecule has 0 aliphatic carbocycles. The molecule has 0 aromatic heterocycles. The van der Waals surface area contributed by atoms with Crippen molar-refractivity contribution < 1.29 is 8.95 Å². The molecule has 0 spiro atoms. The van der Waals surface area contributed by atoms with Gasteiger partial charge in [-0.2, -0.15) is 0 Å². The fourth-order valence-corrected chi connectivity index (χ4v) is 0.729. The van der Waals surface area contributed by atoms with Gasteiger partial charge in [-0.1, -0.05) is 0 Å². The molecule has 0 radical (unpaired) electrons. The van der Waals surface area contributed by atoms with Crippen LogP contribution in [0.1, 0.15) is 13.3 Å². The van der Waals surface area contributed by atoms with E-state index in [1.807, 2.05) is 6.92 Å². The number of ether oxygens (including phenoxy) is 1. The van der Waals surface area contributed by atoms with Crippen molar-refractivity contribution in [1.82, 2.24) is 0 Å². The number of hydrogen-bond donors (Lipinski definition) is 1. The summed E-state index contributed by atoms with van der Waals surface area (Å²) in [6, 6.07) is 0. The molecule has 2 unspecified atom stereocenters. The lowest BCUT2D eigenvalue weighted by molar-refractivity contribution is 0.195. The van der Waals surface area contributed by atoms with E-state index >= 15 is 0 Å². The summed E-state index contributed by atoms with van der Waals surface area (Å²) < 4.78 is 15.3. The molecular weight excluding hydrogens is 138 g/mol. The van der Waals surface area contributed by atoms with Crippen LogP contribution in [-0.4, -0.2) is 23.2 Å². The zero-order valence-corrected chi connectivity index (χ0v) is 6.61. The number of methoxy groups -OCH3 is 1. The average Bonchev–Trinajstić information content (AvgIpc) is 1.82. The van der Waals surface area contributed by atoms with Crippen LogP contribution in [0, 0.1) is 0 Å². The molecular formula is C5H13NO2S. The molecule has 0 aliphatic rings. The molecule has 56 valence electrons. The summed E-state index contributed by atoms with van der Waals surface area (Å²) in [6.45, 7) is 2.47. The maximum absolute atomic E-state index is 10.5. The Kier molecular flexibility index (Phi) is 4.94. The van der Waals surface area contributed by atoms with Crippen LogP contribution in [-0.2, 0) is 15.7 Å². The summed E-state index contributed by atoms with van der Waals surface area (Å²) >= 11 is 0. The SMILES string of the molecule is COCCC(C)S(N)=O. The third-order valence-corrected chi connectivity index (χ3v) is 2.15. The summed E-state index contributed by atoms with van der Waals surface area (Å²) in [7, 11) is 0.425. The maximum Gasteiger partial charge on any atom is 0.0917 e.